The van der Waals surface area contributed by atoms with Crippen LogP contribution in [0.1, 0.15) is 38.8 Å². The van der Waals surface area contributed by atoms with Gasteiger partial charge in [0.1, 0.15) is 5.82 Å². The minimum atomic E-state index is -0.397. The average Bonchev–Trinajstić information content (AvgIpc) is 3.12. The van der Waals surface area contributed by atoms with E-state index in [0.29, 0.717) is 12.1 Å². The number of aromatic nitrogens is 1. The third-order valence-electron chi connectivity index (χ3n) is 5.76. The number of hydrogen-bond acceptors (Lipinski definition) is 1. The first-order valence-electron chi connectivity index (χ1n) is 9.84. The summed E-state index contributed by atoms with van der Waals surface area (Å²) in [7, 11) is 0. The second kappa shape index (κ2) is 6.89. The van der Waals surface area contributed by atoms with Gasteiger partial charge >= 0.3 is 0 Å². The maximum Gasteiger partial charge on any atom is 0.254 e. The Balaban J connectivity index is 1.66. The van der Waals surface area contributed by atoms with E-state index in [1.807, 2.05) is 17.0 Å². The van der Waals surface area contributed by atoms with Crippen molar-refractivity contribution in [3.05, 3.63) is 107 Å². The molecular formula is C25H21FN2O. The number of halogens is 1. The molecule has 1 aliphatic rings. The summed E-state index contributed by atoms with van der Waals surface area (Å²) in [5, 5.41) is 1.21. The van der Waals surface area contributed by atoms with Gasteiger partial charge in [-0.3, -0.25) is 4.79 Å². The van der Waals surface area contributed by atoms with E-state index in [0.717, 1.165) is 23.2 Å². The van der Waals surface area contributed by atoms with Gasteiger partial charge in [-0.05, 0) is 48.7 Å². The highest BCUT2D eigenvalue weighted by Crippen LogP contribution is 2.39. The molecule has 29 heavy (non-hydrogen) atoms. The van der Waals surface area contributed by atoms with Crippen LogP contribution in [0.4, 0.5) is 4.39 Å². The van der Waals surface area contributed by atoms with Crippen LogP contribution in [-0.2, 0) is 6.42 Å². The van der Waals surface area contributed by atoms with Crippen molar-refractivity contribution < 1.29 is 9.18 Å². The molecular weight excluding hydrogens is 363 g/mol. The molecule has 4 heteroatoms. The normalized spacial score (nSPS) is 16.1. The first-order valence-corrected chi connectivity index (χ1v) is 9.84. The standard InChI is InChI=1S/C25H21FN2O/c1-16-9-11-17(12-10-16)24-23-21(20-7-2-3-8-22(20)27-23)13-14-28(24)25(29)18-5-4-6-19(26)15-18/h2-12,15,24,27H,13-14H2,1H3. The third kappa shape index (κ3) is 3.01. The lowest BCUT2D eigenvalue weighted by Crippen LogP contribution is -2.40. The molecule has 0 fully saturated rings. The average molecular weight is 384 g/mol. The SMILES string of the molecule is Cc1ccc(C2c3[nH]c4ccccc4c3CCN2C(=O)c2cccc(F)c2)cc1. The molecule has 3 aromatic carbocycles. The van der Waals surface area contributed by atoms with Crippen molar-refractivity contribution in [2.24, 2.45) is 0 Å². The number of H-pyrrole nitrogens is 1. The molecule has 0 saturated carbocycles. The van der Waals surface area contributed by atoms with Crippen molar-refractivity contribution in [1.29, 1.82) is 0 Å². The molecule has 1 atom stereocenters. The van der Waals surface area contributed by atoms with Crippen molar-refractivity contribution in [2.45, 2.75) is 19.4 Å². The molecule has 3 nitrogen and oxygen atoms in total. The molecule has 5 rings (SSSR count). The number of carbonyl (C=O) groups is 1. The maximum atomic E-state index is 13.8. The lowest BCUT2D eigenvalue weighted by atomic mass is 9.91. The zero-order valence-corrected chi connectivity index (χ0v) is 16.2. The molecule has 0 saturated heterocycles. The van der Waals surface area contributed by atoms with E-state index < -0.39 is 5.82 Å². The number of hydrogen-bond donors (Lipinski definition) is 1. The third-order valence-corrected chi connectivity index (χ3v) is 5.76. The van der Waals surface area contributed by atoms with Crippen molar-refractivity contribution in [3.63, 3.8) is 0 Å². The molecule has 0 bridgehead atoms. The first kappa shape index (κ1) is 17.7. The van der Waals surface area contributed by atoms with Crippen molar-refractivity contribution in [2.75, 3.05) is 6.54 Å². The van der Waals surface area contributed by atoms with Crippen LogP contribution in [0.25, 0.3) is 10.9 Å². The fourth-order valence-corrected chi connectivity index (χ4v) is 4.34. The molecule has 1 unspecified atom stereocenters. The van der Waals surface area contributed by atoms with Crippen LogP contribution in [0.5, 0.6) is 0 Å². The molecule has 0 aliphatic carbocycles. The maximum absolute atomic E-state index is 13.8. The van der Waals surface area contributed by atoms with Gasteiger partial charge in [0.2, 0.25) is 0 Å². The van der Waals surface area contributed by atoms with E-state index in [1.54, 1.807) is 12.1 Å². The second-order valence-corrected chi connectivity index (χ2v) is 7.63. The zero-order chi connectivity index (χ0) is 20.0. The van der Waals surface area contributed by atoms with E-state index >= 15 is 0 Å². The summed E-state index contributed by atoms with van der Waals surface area (Å²) in [5.74, 6) is -0.551. The lowest BCUT2D eigenvalue weighted by Gasteiger charge is -2.36. The largest absolute Gasteiger partial charge is 0.356 e. The van der Waals surface area contributed by atoms with Gasteiger partial charge in [-0.2, -0.15) is 0 Å². The van der Waals surface area contributed by atoms with Gasteiger partial charge in [-0.1, -0.05) is 54.1 Å². The van der Waals surface area contributed by atoms with Gasteiger partial charge in [-0.15, -0.1) is 0 Å². The minimum absolute atomic E-state index is 0.153. The summed E-state index contributed by atoms with van der Waals surface area (Å²) in [6.07, 6.45) is 0.767. The van der Waals surface area contributed by atoms with Crippen LogP contribution >= 0.6 is 0 Å². The van der Waals surface area contributed by atoms with E-state index in [1.165, 1.54) is 28.6 Å². The number of carbonyl (C=O) groups excluding carboxylic acids is 1. The predicted octanol–water partition coefficient (Wildman–Crippen LogP) is 5.40. The Labute approximate surface area is 168 Å². The lowest BCUT2D eigenvalue weighted by molar-refractivity contribution is 0.0691. The summed E-state index contributed by atoms with van der Waals surface area (Å²) in [6, 6.07) is 22.2. The number of rotatable bonds is 2. The molecule has 1 aromatic heterocycles. The van der Waals surface area contributed by atoms with Gasteiger partial charge in [0.25, 0.3) is 5.91 Å². The highest BCUT2D eigenvalue weighted by molar-refractivity contribution is 5.95. The summed E-state index contributed by atoms with van der Waals surface area (Å²) in [6.45, 7) is 2.64. The molecule has 1 N–H and O–H groups in total. The van der Waals surface area contributed by atoms with Gasteiger partial charge < -0.3 is 9.88 Å². The molecule has 144 valence electrons. The van der Waals surface area contributed by atoms with Gasteiger partial charge in [-0.25, -0.2) is 4.39 Å². The Morgan fingerprint density at radius 2 is 1.83 bits per heavy atom. The van der Waals surface area contributed by atoms with Crippen LogP contribution in [-0.4, -0.2) is 22.3 Å². The molecule has 0 radical (unpaired) electrons. The monoisotopic (exact) mass is 384 g/mol. The number of nitrogens with zero attached hydrogens (tertiary/aromatic N) is 1. The summed E-state index contributed by atoms with van der Waals surface area (Å²) in [4.78, 5) is 18.8. The van der Waals surface area contributed by atoms with Gasteiger partial charge in [0.05, 0.1) is 6.04 Å². The molecule has 2 heterocycles. The molecule has 1 aliphatic heterocycles. The van der Waals surface area contributed by atoms with E-state index in [4.69, 9.17) is 0 Å². The molecule has 0 spiro atoms. The Hall–Kier alpha value is -3.40. The van der Waals surface area contributed by atoms with Gasteiger partial charge in [0.15, 0.2) is 0 Å². The van der Waals surface area contributed by atoms with Crippen LogP contribution in [0.3, 0.4) is 0 Å². The first-order chi connectivity index (χ1) is 14.1. The number of nitrogens with one attached hydrogen (secondary N) is 1. The summed E-state index contributed by atoms with van der Waals surface area (Å²) < 4.78 is 13.8. The number of amides is 1. The quantitative estimate of drug-likeness (QED) is 0.493. The number of benzene rings is 3. The van der Waals surface area contributed by atoms with Crippen molar-refractivity contribution >= 4 is 16.8 Å². The number of para-hydroxylation sites is 1. The summed E-state index contributed by atoms with van der Waals surface area (Å²) >= 11 is 0. The van der Waals surface area contributed by atoms with Crippen molar-refractivity contribution in [3.8, 4) is 0 Å². The van der Waals surface area contributed by atoms with Crippen LogP contribution in [0, 0.1) is 12.7 Å². The highest BCUT2D eigenvalue weighted by atomic mass is 19.1. The van der Waals surface area contributed by atoms with E-state index in [-0.39, 0.29) is 11.9 Å². The predicted molar refractivity (Wildman–Crippen MR) is 112 cm³/mol. The number of aromatic amines is 1. The topological polar surface area (TPSA) is 36.1 Å². The van der Waals surface area contributed by atoms with Crippen LogP contribution < -0.4 is 0 Å². The fourth-order valence-electron chi connectivity index (χ4n) is 4.34. The fraction of sp³-hybridized carbons (Fsp3) is 0.160. The second-order valence-electron chi connectivity index (χ2n) is 7.63. The zero-order valence-electron chi connectivity index (χ0n) is 16.2. The molecule has 1 amide bonds. The minimum Gasteiger partial charge on any atom is -0.356 e. The molecule has 4 aromatic rings. The Bertz CT molecular complexity index is 1210. The van der Waals surface area contributed by atoms with Gasteiger partial charge in [0, 0.05) is 28.7 Å². The van der Waals surface area contributed by atoms with Crippen molar-refractivity contribution in [1.82, 2.24) is 9.88 Å². The van der Waals surface area contributed by atoms with Crippen LogP contribution in [0.2, 0.25) is 0 Å². The van der Waals surface area contributed by atoms with E-state index in [9.17, 15) is 9.18 Å². The summed E-state index contributed by atoms with van der Waals surface area (Å²) in [5.41, 5.74) is 5.98. The Morgan fingerprint density at radius 1 is 1.03 bits per heavy atom. The smallest absolute Gasteiger partial charge is 0.254 e. The Morgan fingerprint density at radius 3 is 2.62 bits per heavy atom. The number of aryl methyl sites for hydroxylation is 1. The van der Waals surface area contributed by atoms with Crippen LogP contribution in [0.15, 0.2) is 72.8 Å². The Kier molecular flexibility index (Phi) is 4.20. The number of fused-ring (bicyclic) bond motifs is 3. The van der Waals surface area contributed by atoms with E-state index in [2.05, 4.69) is 48.3 Å². The highest BCUT2D eigenvalue weighted by Gasteiger charge is 2.34.